The van der Waals surface area contributed by atoms with Crippen LogP contribution in [0.1, 0.15) is 39.5 Å². The van der Waals surface area contributed by atoms with Crippen molar-refractivity contribution in [2.45, 2.75) is 51.2 Å². The number of hydrogen-bond acceptors (Lipinski definition) is 2. The highest BCUT2D eigenvalue weighted by Gasteiger charge is 2.46. The minimum Gasteiger partial charge on any atom is -0.389 e. The summed E-state index contributed by atoms with van der Waals surface area (Å²) in [5.74, 6) is 1.60. The quantitative estimate of drug-likeness (QED) is 0.694. The van der Waals surface area contributed by atoms with E-state index in [1.54, 1.807) is 0 Å². The van der Waals surface area contributed by atoms with Gasteiger partial charge in [-0.25, -0.2) is 0 Å². The van der Waals surface area contributed by atoms with E-state index >= 15 is 0 Å². The van der Waals surface area contributed by atoms with E-state index in [1.165, 1.54) is 32.2 Å². The molecule has 2 aliphatic rings. The fraction of sp³-hybridized carbons (Fsp3) is 1.00. The van der Waals surface area contributed by atoms with Gasteiger partial charge in [0.1, 0.15) is 0 Å². The first kappa shape index (κ1) is 10.4. The summed E-state index contributed by atoms with van der Waals surface area (Å²) < 4.78 is 0. The molecule has 0 aromatic rings. The Balaban J connectivity index is 2.15. The molecule has 2 fully saturated rings. The predicted octanol–water partition coefficient (Wildman–Crippen LogP) is 1.88. The highest BCUT2D eigenvalue weighted by molar-refractivity contribution is 5.00. The molecule has 82 valence electrons. The summed E-state index contributed by atoms with van der Waals surface area (Å²) >= 11 is 0. The van der Waals surface area contributed by atoms with Crippen molar-refractivity contribution in [3.63, 3.8) is 0 Å². The second-order valence-corrected chi connectivity index (χ2v) is 5.75. The first-order valence-corrected chi connectivity index (χ1v) is 5.93. The van der Waals surface area contributed by atoms with Crippen molar-refractivity contribution in [3.8, 4) is 0 Å². The molecule has 1 aliphatic heterocycles. The molecule has 1 heterocycles. The van der Waals surface area contributed by atoms with Gasteiger partial charge in [0.2, 0.25) is 0 Å². The van der Waals surface area contributed by atoms with E-state index in [9.17, 15) is 5.11 Å². The van der Waals surface area contributed by atoms with Gasteiger partial charge in [-0.1, -0.05) is 12.8 Å². The van der Waals surface area contributed by atoms with Gasteiger partial charge in [0.25, 0.3) is 0 Å². The van der Waals surface area contributed by atoms with Crippen molar-refractivity contribution in [2.75, 3.05) is 13.6 Å². The number of hydrogen-bond donors (Lipinski definition) is 1. The van der Waals surface area contributed by atoms with E-state index in [4.69, 9.17) is 0 Å². The van der Waals surface area contributed by atoms with Crippen molar-refractivity contribution >= 4 is 0 Å². The number of nitrogens with zero attached hydrogens (tertiary/aromatic N) is 1. The van der Waals surface area contributed by atoms with Gasteiger partial charge < -0.3 is 10.0 Å². The third-order valence-electron chi connectivity index (χ3n) is 4.09. The molecule has 0 aromatic heterocycles. The average Bonchev–Trinajstić information content (AvgIpc) is 2.38. The van der Waals surface area contributed by atoms with Crippen LogP contribution < -0.4 is 0 Å². The Kier molecular flexibility index (Phi) is 2.61. The van der Waals surface area contributed by atoms with Crippen molar-refractivity contribution < 1.29 is 5.11 Å². The first-order valence-electron chi connectivity index (χ1n) is 5.93. The zero-order chi connectivity index (χ0) is 10.3. The van der Waals surface area contributed by atoms with Gasteiger partial charge in [-0.15, -0.1) is 0 Å². The predicted molar refractivity (Wildman–Crippen MR) is 58.2 cm³/mol. The van der Waals surface area contributed by atoms with E-state index in [2.05, 4.69) is 11.9 Å². The lowest BCUT2D eigenvalue weighted by Gasteiger charge is -2.37. The Morgan fingerprint density at radius 2 is 1.86 bits per heavy atom. The van der Waals surface area contributed by atoms with Gasteiger partial charge in [-0.3, -0.25) is 0 Å². The molecule has 0 radical (unpaired) electrons. The van der Waals surface area contributed by atoms with Crippen LogP contribution in [0.2, 0.25) is 0 Å². The number of likely N-dealkylation sites (tertiary alicyclic amines) is 1. The van der Waals surface area contributed by atoms with Crippen LogP contribution in [0.25, 0.3) is 0 Å². The standard InChI is InChI=1S/C12H23NO/c1-12(2,14)11-10-7-5-4-6-9(10)8-13(11)3/h9-11,14H,4-8H2,1-3H3/t9-,10+,11+/m0/s1. The molecular formula is C12H23NO. The first-order chi connectivity index (χ1) is 6.50. The summed E-state index contributed by atoms with van der Waals surface area (Å²) in [5, 5.41) is 10.2. The monoisotopic (exact) mass is 197 g/mol. The van der Waals surface area contributed by atoms with Crippen LogP contribution in [0, 0.1) is 11.8 Å². The molecule has 1 aliphatic carbocycles. The zero-order valence-corrected chi connectivity index (χ0v) is 9.66. The van der Waals surface area contributed by atoms with Crippen LogP contribution in [0.4, 0.5) is 0 Å². The molecule has 1 N–H and O–H groups in total. The Morgan fingerprint density at radius 1 is 1.21 bits per heavy atom. The normalized spacial score (nSPS) is 39.9. The van der Waals surface area contributed by atoms with Gasteiger partial charge >= 0.3 is 0 Å². The lowest BCUT2D eigenvalue weighted by Crippen LogP contribution is -2.47. The van der Waals surface area contributed by atoms with Gasteiger partial charge in [-0.05, 0) is 45.6 Å². The summed E-state index contributed by atoms with van der Waals surface area (Å²) in [4.78, 5) is 2.38. The van der Waals surface area contributed by atoms with Crippen molar-refractivity contribution in [2.24, 2.45) is 11.8 Å². The summed E-state index contributed by atoms with van der Waals surface area (Å²) in [5.41, 5.74) is -0.536. The molecule has 14 heavy (non-hydrogen) atoms. The summed E-state index contributed by atoms with van der Waals surface area (Å²) in [6.45, 7) is 5.12. The van der Waals surface area contributed by atoms with Crippen molar-refractivity contribution in [1.82, 2.24) is 4.90 Å². The minimum absolute atomic E-state index is 0.382. The lowest BCUT2D eigenvalue weighted by molar-refractivity contribution is -0.0159. The Hall–Kier alpha value is -0.0800. The smallest absolute Gasteiger partial charge is 0.0748 e. The van der Waals surface area contributed by atoms with Crippen molar-refractivity contribution in [3.05, 3.63) is 0 Å². The summed E-state index contributed by atoms with van der Waals surface area (Å²) in [6.07, 6.45) is 5.46. The Bertz CT molecular complexity index is 209. The fourth-order valence-electron chi connectivity index (χ4n) is 3.75. The van der Waals surface area contributed by atoms with Gasteiger partial charge in [-0.2, -0.15) is 0 Å². The molecule has 2 nitrogen and oxygen atoms in total. The molecule has 3 atom stereocenters. The topological polar surface area (TPSA) is 23.5 Å². The third kappa shape index (κ3) is 1.70. The van der Waals surface area contributed by atoms with Crippen LogP contribution >= 0.6 is 0 Å². The molecule has 2 rings (SSSR count). The third-order valence-corrected chi connectivity index (χ3v) is 4.09. The molecular weight excluding hydrogens is 174 g/mol. The van der Waals surface area contributed by atoms with Crippen LogP contribution in [-0.2, 0) is 0 Å². The van der Waals surface area contributed by atoms with Crippen LogP contribution in [0.3, 0.4) is 0 Å². The second-order valence-electron chi connectivity index (χ2n) is 5.75. The van der Waals surface area contributed by atoms with E-state index < -0.39 is 5.60 Å². The number of fused-ring (bicyclic) bond motifs is 1. The van der Waals surface area contributed by atoms with E-state index in [0.29, 0.717) is 6.04 Å². The van der Waals surface area contributed by atoms with Crippen LogP contribution in [-0.4, -0.2) is 35.2 Å². The van der Waals surface area contributed by atoms with Crippen LogP contribution in [0.15, 0.2) is 0 Å². The number of aliphatic hydroxyl groups is 1. The molecule has 0 spiro atoms. The number of likely N-dealkylation sites (N-methyl/N-ethyl adjacent to an activating group) is 1. The van der Waals surface area contributed by atoms with Gasteiger partial charge in [0.15, 0.2) is 0 Å². The minimum atomic E-state index is -0.536. The van der Waals surface area contributed by atoms with Crippen LogP contribution in [0.5, 0.6) is 0 Å². The second kappa shape index (κ2) is 3.49. The molecule has 0 unspecified atom stereocenters. The summed E-state index contributed by atoms with van der Waals surface area (Å²) in [7, 11) is 2.17. The van der Waals surface area contributed by atoms with E-state index in [-0.39, 0.29) is 0 Å². The Morgan fingerprint density at radius 3 is 2.50 bits per heavy atom. The van der Waals surface area contributed by atoms with Crippen molar-refractivity contribution in [1.29, 1.82) is 0 Å². The molecule has 1 saturated carbocycles. The van der Waals surface area contributed by atoms with E-state index in [0.717, 1.165) is 11.8 Å². The highest BCUT2D eigenvalue weighted by atomic mass is 16.3. The largest absolute Gasteiger partial charge is 0.389 e. The molecule has 2 heteroatoms. The maximum absolute atomic E-state index is 10.2. The van der Waals surface area contributed by atoms with E-state index in [1.807, 2.05) is 13.8 Å². The Labute approximate surface area is 87.3 Å². The molecule has 1 saturated heterocycles. The SMILES string of the molecule is CN1C[C@@H]2CCCC[C@H]2[C@@H]1C(C)(C)O. The maximum atomic E-state index is 10.2. The lowest BCUT2D eigenvalue weighted by atomic mass is 9.74. The summed E-state index contributed by atoms with van der Waals surface area (Å²) in [6, 6.07) is 0.382. The highest BCUT2D eigenvalue weighted by Crippen LogP contribution is 2.43. The fourth-order valence-corrected chi connectivity index (χ4v) is 3.75. The van der Waals surface area contributed by atoms with Gasteiger partial charge in [0, 0.05) is 12.6 Å². The number of rotatable bonds is 1. The molecule has 0 aromatic carbocycles. The van der Waals surface area contributed by atoms with Gasteiger partial charge in [0.05, 0.1) is 5.60 Å². The average molecular weight is 197 g/mol. The zero-order valence-electron chi connectivity index (χ0n) is 9.66. The maximum Gasteiger partial charge on any atom is 0.0748 e. The molecule has 0 bridgehead atoms. The molecule has 0 amide bonds.